The second-order valence-corrected chi connectivity index (χ2v) is 9.01. The minimum Gasteiger partial charge on any atom is -0.374 e. The number of hydrazone groups is 1. The van der Waals surface area contributed by atoms with E-state index in [2.05, 4.69) is 41.5 Å². The molecular formula is C14H21N5OS2. The molecule has 2 atom stereocenters. The Hall–Kier alpha value is -1.15. The third kappa shape index (κ3) is 2.52. The first-order chi connectivity index (χ1) is 10.3. The van der Waals surface area contributed by atoms with Crippen LogP contribution in [0.3, 0.4) is 0 Å². The molecule has 1 aromatic heterocycles. The number of fused-ring (bicyclic) bond motifs is 2. The van der Waals surface area contributed by atoms with E-state index in [1.54, 1.807) is 0 Å². The maximum absolute atomic E-state index is 11.9. The molecule has 1 aromatic rings. The van der Waals surface area contributed by atoms with Gasteiger partial charge in [-0.2, -0.15) is 5.10 Å². The summed E-state index contributed by atoms with van der Waals surface area (Å²) in [4.78, 5) is 11.9. The standard InChI is InChI=1S/C14H21N5OS2/c1-13(2)8-4-5-14(13,3)9(6-8)16-17-10(20)7-21-12-19-18-11(15)22-12/h8H,4-7H2,1-3H3,(H2,15,18)(H,17,20)/b16-9+/t8-,14+/m1/s1. The second kappa shape index (κ2) is 5.49. The van der Waals surface area contributed by atoms with Gasteiger partial charge in [-0.15, -0.1) is 10.2 Å². The van der Waals surface area contributed by atoms with Gasteiger partial charge in [0.1, 0.15) is 0 Å². The summed E-state index contributed by atoms with van der Waals surface area (Å²) in [7, 11) is 0. The SMILES string of the molecule is CC1(C)[C@@H]2CC[C@@]1(C)/C(=N/NC(=O)CSc1nnc(N)s1)C2. The molecule has 6 nitrogen and oxygen atoms in total. The minimum absolute atomic E-state index is 0.115. The number of nitrogens with zero attached hydrogens (tertiary/aromatic N) is 3. The van der Waals surface area contributed by atoms with Crippen LogP contribution in [-0.2, 0) is 4.79 Å². The predicted molar refractivity (Wildman–Crippen MR) is 89.9 cm³/mol. The number of anilines is 1. The van der Waals surface area contributed by atoms with Crippen molar-refractivity contribution in [2.24, 2.45) is 21.8 Å². The van der Waals surface area contributed by atoms with Crippen molar-refractivity contribution in [3.8, 4) is 0 Å². The van der Waals surface area contributed by atoms with Crippen molar-refractivity contribution in [2.75, 3.05) is 11.5 Å². The topological polar surface area (TPSA) is 93.3 Å². The van der Waals surface area contributed by atoms with Gasteiger partial charge in [-0.05, 0) is 30.6 Å². The highest BCUT2D eigenvalue weighted by molar-refractivity contribution is 8.01. The van der Waals surface area contributed by atoms with Gasteiger partial charge < -0.3 is 5.73 Å². The molecule has 0 radical (unpaired) electrons. The number of rotatable bonds is 4. The summed E-state index contributed by atoms with van der Waals surface area (Å²) in [6.07, 6.45) is 3.44. The van der Waals surface area contributed by atoms with Crippen LogP contribution in [0.5, 0.6) is 0 Å². The Kier molecular flexibility index (Phi) is 3.92. The highest BCUT2D eigenvalue weighted by Crippen LogP contribution is 2.63. The third-order valence-electron chi connectivity index (χ3n) is 5.58. The van der Waals surface area contributed by atoms with E-state index in [-0.39, 0.29) is 22.5 Å². The van der Waals surface area contributed by atoms with Gasteiger partial charge in [0.2, 0.25) is 5.13 Å². The molecular weight excluding hydrogens is 318 g/mol. The smallest absolute Gasteiger partial charge is 0.250 e. The Balaban J connectivity index is 1.57. The van der Waals surface area contributed by atoms with E-state index in [0.29, 0.717) is 15.4 Å². The fourth-order valence-electron chi connectivity index (χ4n) is 3.67. The number of nitrogens with one attached hydrogen (secondary N) is 1. The van der Waals surface area contributed by atoms with Crippen molar-refractivity contribution in [3.05, 3.63) is 0 Å². The zero-order valence-corrected chi connectivity index (χ0v) is 14.7. The molecule has 0 spiro atoms. The highest BCUT2D eigenvalue weighted by Gasteiger charge is 2.59. The maximum atomic E-state index is 11.9. The number of nitrogens with two attached hydrogens (primary N) is 1. The monoisotopic (exact) mass is 339 g/mol. The summed E-state index contributed by atoms with van der Waals surface area (Å²) >= 11 is 2.61. The molecule has 1 amide bonds. The largest absolute Gasteiger partial charge is 0.374 e. The number of carbonyl (C=O) groups excluding carboxylic acids is 1. The summed E-state index contributed by atoms with van der Waals surface area (Å²) in [6, 6.07) is 0. The number of hydrogen-bond donors (Lipinski definition) is 2. The Bertz CT molecular complexity index is 627. The second-order valence-electron chi connectivity index (χ2n) is 6.78. The molecule has 2 aliphatic carbocycles. The Morgan fingerprint density at radius 3 is 2.82 bits per heavy atom. The molecule has 0 unspecified atom stereocenters. The van der Waals surface area contributed by atoms with Crippen molar-refractivity contribution >= 4 is 39.8 Å². The lowest BCUT2D eigenvalue weighted by molar-refractivity contribution is -0.118. The van der Waals surface area contributed by atoms with Crippen LogP contribution in [0, 0.1) is 16.7 Å². The van der Waals surface area contributed by atoms with E-state index >= 15 is 0 Å². The summed E-state index contributed by atoms with van der Waals surface area (Å²) in [5, 5.41) is 12.5. The normalized spacial score (nSPS) is 30.9. The summed E-state index contributed by atoms with van der Waals surface area (Å²) in [6.45, 7) is 6.93. The van der Waals surface area contributed by atoms with Crippen molar-refractivity contribution in [2.45, 2.75) is 44.4 Å². The van der Waals surface area contributed by atoms with Crippen LogP contribution in [0.15, 0.2) is 9.44 Å². The molecule has 0 aliphatic heterocycles. The molecule has 22 heavy (non-hydrogen) atoms. The molecule has 2 aliphatic rings. The Morgan fingerprint density at radius 2 is 2.27 bits per heavy atom. The number of hydrogen-bond acceptors (Lipinski definition) is 7. The van der Waals surface area contributed by atoms with E-state index in [1.807, 2.05) is 0 Å². The fourth-order valence-corrected chi connectivity index (χ4v) is 5.09. The molecule has 1 heterocycles. The fraction of sp³-hybridized carbons (Fsp3) is 0.714. The highest BCUT2D eigenvalue weighted by atomic mass is 32.2. The average Bonchev–Trinajstić information content (AvgIpc) is 3.03. The molecule has 3 rings (SSSR count). The van der Waals surface area contributed by atoms with Crippen LogP contribution in [-0.4, -0.2) is 27.6 Å². The summed E-state index contributed by atoms with van der Waals surface area (Å²) < 4.78 is 0.702. The van der Waals surface area contributed by atoms with Crippen LogP contribution in [0.1, 0.15) is 40.0 Å². The van der Waals surface area contributed by atoms with Crippen LogP contribution in [0.2, 0.25) is 0 Å². The Morgan fingerprint density at radius 1 is 1.50 bits per heavy atom. The van der Waals surface area contributed by atoms with Gasteiger partial charge in [-0.1, -0.05) is 43.9 Å². The van der Waals surface area contributed by atoms with E-state index in [0.717, 1.165) is 18.6 Å². The van der Waals surface area contributed by atoms with Crippen LogP contribution in [0.25, 0.3) is 0 Å². The van der Waals surface area contributed by atoms with Gasteiger partial charge in [0.15, 0.2) is 4.34 Å². The maximum Gasteiger partial charge on any atom is 0.250 e. The lowest BCUT2D eigenvalue weighted by Crippen LogP contribution is -2.34. The van der Waals surface area contributed by atoms with E-state index in [4.69, 9.17) is 5.73 Å². The van der Waals surface area contributed by atoms with Crippen LogP contribution >= 0.6 is 23.1 Å². The molecule has 2 bridgehead atoms. The van der Waals surface area contributed by atoms with Gasteiger partial charge >= 0.3 is 0 Å². The van der Waals surface area contributed by atoms with Gasteiger partial charge in [0, 0.05) is 11.1 Å². The molecule has 0 saturated heterocycles. The number of thioether (sulfide) groups is 1. The van der Waals surface area contributed by atoms with Crippen molar-refractivity contribution in [3.63, 3.8) is 0 Å². The molecule has 2 saturated carbocycles. The first-order valence-electron chi connectivity index (χ1n) is 7.40. The van der Waals surface area contributed by atoms with Crippen LogP contribution < -0.4 is 11.2 Å². The number of nitrogen functional groups attached to an aromatic ring is 1. The molecule has 8 heteroatoms. The first kappa shape index (κ1) is 15.7. The summed E-state index contributed by atoms with van der Waals surface area (Å²) in [5.41, 5.74) is 9.75. The lowest BCUT2D eigenvalue weighted by Gasteiger charge is -2.34. The van der Waals surface area contributed by atoms with Crippen molar-refractivity contribution in [1.82, 2.24) is 15.6 Å². The third-order valence-corrected chi connectivity index (χ3v) is 7.46. The first-order valence-corrected chi connectivity index (χ1v) is 9.21. The number of amides is 1. The van der Waals surface area contributed by atoms with E-state index in [1.165, 1.54) is 29.5 Å². The van der Waals surface area contributed by atoms with E-state index < -0.39 is 0 Å². The average molecular weight is 339 g/mol. The van der Waals surface area contributed by atoms with Gasteiger partial charge in [-0.25, -0.2) is 5.43 Å². The predicted octanol–water partition coefficient (Wildman–Crippen LogP) is 2.53. The van der Waals surface area contributed by atoms with Gasteiger partial charge in [0.25, 0.3) is 5.91 Å². The van der Waals surface area contributed by atoms with Crippen LogP contribution in [0.4, 0.5) is 5.13 Å². The zero-order chi connectivity index (χ0) is 16.0. The van der Waals surface area contributed by atoms with Gasteiger partial charge in [-0.3, -0.25) is 4.79 Å². The molecule has 2 fully saturated rings. The number of carbonyl (C=O) groups is 1. The molecule has 0 aromatic carbocycles. The number of aromatic nitrogens is 2. The van der Waals surface area contributed by atoms with E-state index in [9.17, 15) is 4.79 Å². The zero-order valence-electron chi connectivity index (χ0n) is 13.0. The lowest BCUT2D eigenvalue weighted by atomic mass is 9.70. The van der Waals surface area contributed by atoms with Gasteiger partial charge in [0.05, 0.1) is 5.75 Å². The van der Waals surface area contributed by atoms with Crippen molar-refractivity contribution in [1.29, 1.82) is 0 Å². The summed E-state index contributed by atoms with van der Waals surface area (Å²) in [5.74, 6) is 0.844. The van der Waals surface area contributed by atoms with Crippen molar-refractivity contribution < 1.29 is 4.79 Å². The Labute approximate surface area is 138 Å². The minimum atomic E-state index is -0.115. The quantitative estimate of drug-likeness (QED) is 0.649. The molecule has 3 N–H and O–H groups in total. The molecule has 120 valence electrons.